The molecule has 0 atom stereocenters. The first-order chi connectivity index (χ1) is 14.3. The van der Waals surface area contributed by atoms with Gasteiger partial charge in [0.1, 0.15) is 0 Å². The second-order valence-electron chi connectivity index (χ2n) is 8.00. The second-order valence-corrected chi connectivity index (χ2v) is 8.00. The summed E-state index contributed by atoms with van der Waals surface area (Å²) in [5.41, 5.74) is 8.15. The molecule has 0 N–H and O–H groups in total. The van der Waals surface area contributed by atoms with Gasteiger partial charge in [0.2, 0.25) is 0 Å². The minimum absolute atomic E-state index is 0.996. The molecule has 0 fully saturated rings. The molecular formula is C25H26N4. The molecule has 29 heavy (non-hydrogen) atoms. The molecule has 0 spiro atoms. The van der Waals surface area contributed by atoms with Crippen LogP contribution in [-0.2, 0) is 25.9 Å². The van der Waals surface area contributed by atoms with Gasteiger partial charge in [-0.15, -0.1) is 0 Å². The van der Waals surface area contributed by atoms with Crippen molar-refractivity contribution < 1.29 is 0 Å². The van der Waals surface area contributed by atoms with Gasteiger partial charge in [0.05, 0.1) is 0 Å². The summed E-state index contributed by atoms with van der Waals surface area (Å²) in [6.45, 7) is 3.17. The van der Waals surface area contributed by atoms with Gasteiger partial charge in [0, 0.05) is 54.5 Å². The lowest BCUT2D eigenvalue weighted by molar-refractivity contribution is 0.333. The van der Waals surface area contributed by atoms with Crippen molar-refractivity contribution in [3.05, 3.63) is 84.1 Å². The number of hydrogen-bond donors (Lipinski definition) is 0. The van der Waals surface area contributed by atoms with Gasteiger partial charge in [-0.05, 0) is 85.4 Å². The van der Waals surface area contributed by atoms with E-state index in [1.54, 1.807) is 0 Å². The Hall–Kier alpha value is -2.98. The van der Waals surface area contributed by atoms with Crippen molar-refractivity contribution >= 4 is 10.9 Å². The Morgan fingerprint density at radius 1 is 0.966 bits per heavy atom. The summed E-state index contributed by atoms with van der Waals surface area (Å²) in [7, 11) is 2.24. The van der Waals surface area contributed by atoms with Gasteiger partial charge in [0.25, 0.3) is 0 Å². The van der Waals surface area contributed by atoms with Gasteiger partial charge in [-0.25, -0.2) is 0 Å². The second kappa shape index (κ2) is 7.80. The Morgan fingerprint density at radius 2 is 1.86 bits per heavy atom. The number of fused-ring (bicyclic) bond motifs is 3. The van der Waals surface area contributed by atoms with Crippen LogP contribution in [0.2, 0.25) is 0 Å². The first-order valence-corrected chi connectivity index (χ1v) is 10.4. The highest BCUT2D eigenvalue weighted by Gasteiger charge is 2.21. The van der Waals surface area contributed by atoms with Crippen LogP contribution >= 0.6 is 0 Å². The molecule has 0 saturated carbocycles. The molecule has 3 aromatic heterocycles. The van der Waals surface area contributed by atoms with Gasteiger partial charge in [-0.3, -0.25) is 9.97 Å². The fourth-order valence-corrected chi connectivity index (χ4v) is 4.57. The molecule has 4 aromatic rings. The summed E-state index contributed by atoms with van der Waals surface area (Å²) in [6, 6.07) is 15.3. The smallest absolute Gasteiger partial charge is 0.0486 e. The SMILES string of the molecule is CN1CCCc2c(c3cc(-c4ccncc4)ccc3n2CCc2cccnc2)C1. The highest BCUT2D eigenvalue weighted by atomic mass is 15.1. The molecule has 1 aliphatic rings. The molecule has 4 heterocycles. The summed E-state index contributed by atoms with van der Waals surface area (Å²) in [4.78, 5) is 10.9. The van der Waals surface area contributed by atoms with E-state index >= 15 is 0 Å². The average Bonchev–Trinajstić information content (AvgIpc) is 2.91. The van der Waals surface area contributed by atoms with Crippen LogP contribution in [0.1, 0.15) is 23.2 Å². The van der Waals surface area contributed by atoms with Gasteiger partial charge in [0.15, 0.2) is 0 Å². The van der Waals surface area contributed by atoms with Crippen LogP contribution in [0.4, 0.5) is 0 Å². The van der Waals surface area contributed by atoms with Crippen molar-refractivity contribution in [3.63, 3.8) is 0 Å². The first kappa shape index (κ1) is 18.1. The third-order valence-electron chi connectivity index (χ3n) is 6.03. The Labute approximate surface area is 171 Å². The van der Waals surface area contributed by atoms with Crippen molar-refractivity contribution in [2.45, 2.75) is 32.4 Å². The minimum atomic E-state index is 0.996. The maximum Gasteiger partial charge on any atom is 0.0486 e. The standard InChI is InChI=1S/C25H26N4/c1-28-14-3-5-24-23(18-28)22-16-21(20-8-12-26-13-9-20)6-7-25(22)29(24)15-10-19-4-2-11-27-17-19/h2,4,6-9,11-13,16-17H,3,5,10,14-15,18H2,1H3. The van der Waals surface area contributed by atoms with E-state index in [4.69, 9.17) is 0 Å². The predicted octanol–water partition coefficient (Wildman–Crippen LogP) is 4.72. The number of nitrogens with zero attached hydrogens (tertiary/aromatic N) is 4. The van der Waals surface area contributed by atoms with Crippen LogP contribution in [-0.4, -0.2) is 33.0 Å². The Bertz CT molecular complexity index is 1120. The number of hydrogen-bond acceptors (Lipinski definition) is 3. The molecule has 0 amide bonds. The third-order valence-corrected chi connectivity index (χ3v) is 6.03. The highest BCUT2D eigenvalue weighted by molar-refractivity contribution is 5.90. The normalized spacial score (nSPS) is 14.7. The number of benzene rings is 1. The van der Waals surface area contributed by atoms with E-state index in [0.717, 1.165) is 32.5 Å². The topological polar surface area (TPSA) is 34.0 Å². The minimum Gasteiger partial charge on any atom is -0.344 e. The van der Waals surface area contributed by atoms with E-state index in [-0.39, 0.29) is 0 Å². The first-order valence-electron chi connectivity index (χ1n) is 10.4. The molecule has 4 nitrogen and oxygen atoms in total. The molecule has 1 aromatic carbocycles. The van der Waals surface area contributed by atoms with Crippen LogP contribution in [0.15, 0.2) is 67.3 Å². The van der Waals surface area contributed by atoms with Crippen molar-refractivity contribution in [1.29, 1.82) is 0 Å². The molecule has 0 bridgehead atoms. The molecule has 5 rings (SSSR count). The fourth-order valence-electron chi connectivity index (χ4n) is 4.57. The molecule has 0 unspecified atom stereocenters. The van der Waals surface area contributed by atoms with Gasteiger partial charge in [-0.1, -0.05) is 12.1 Å². The third kappa shape index (κ3) is 3.56. The quantitative estimate of drug-likeness (QED) is 0.512. The molecule has 4 heteroatoms. The summed E-state index contributed by atoms with van der Waals surface area (Å²) >= 11 is 0. The van der Waals surface area contributed by atoms with Gasteiger partial charge < -0.3 is 9.47 Å². The zero-order valence-corrected chi connectivity index (χ0v) is 16.9. The van der Waals surface area contributed by atoms with Crippen LogP contribution in [0.3, 0.4) is 0 Å². The van der Waals surface area contributed by atoms with Crippen molar-refractivity contribution in [1.82, 2.24) is 19.4 Å². The van der Waals surface area contributed by atoms with Crippen molar-refractivity contribution in [2.75, 3.05) is 13.6 Å². The maximum absolute atomic E-state index is 4.28. The van der Waals surface area contributed by atoms with E-state index < -0.39 is 0 Å². The van der Waals surface area contributed by atoms with E-state index in [2.05, 4.69) is 62.9 Å². The number of aromatic nitrogens is 3. The highest BCUT2D eigenvalue weighted by Crippen LogP contribution is 2.33. The van der Waals surface area contributed by atoms with Crippen LogP contribution in [0.5, 0.6) is 0 Å². The average molecular weight is 383 g/mol. The number of aryl methyl sites for hydroxylation is 2. The Morgan fingerprint density at radius 3 is 2.69 bits per heavy atom. The zero-order valence-electron chi connectivity index (χ0n) is 16.9. The summed E-state index contributed by atoms with van der Waals surface area (Å²) in [5.74, 6) is 0. The molecule has 1 aliphatic heterocycles. The summed E-state index contributed by atoms with van der Waals surface area (Å²) < 4.78 is 2.56. The Balaban J connectivity index is 1.61. The fraction of sp³-hybridized carbons (Fsp3) is 0.280. The lowest BCUT2D eigenvalue weighted by Gasteiger charge is -2.13. The number of rotatable bonds is 4. The van der Waals surface area contributed by atoms with Crippen molar-refractivity contribution in [3.8, 4) is 11.1 Å². The number of pyridine rings is 2. The van der Waals surface area contributed by atoms with Crippen LogP contribution < -0.4 is 0 Å². The zero-order chi connectivity index (χ0) is 19.6. The van der Waals surface area contributed by atoms with Crippen LogP contribution in [0.25, 0.3) is 22.0 Å². The summed E-state index contributed by atoms with van der Waals surface area (Å²) in [5, 5.41) is 1.40. The largest absolute Gasteiger partial charge is 0.344 e. The monoisotopic (exact) mass is 382 g/mol. The van der Waals surface area contributed by atoms with E-state index in [1.165, 1.54) is 45.3 Å². The molecular weight excluding hydrogens is 356 g/mol. The van der Waals surface area contributed by atoms with E-state index in [9.17, 15) is 0 Å². The lowest BCUT2D eigenvalue weighted by Crippen LogP contribution is -2.16. The van der Waals surface area contributed by atoms with Gasteiger partial charge >= 0.3 is 0 Å². The van der Waals surface area contributed by atoms with Crippen LogP contribution in [0, 0.1) is 0 Å². The molecule has 0 saturated heterocycles. The molecule has 0 radical (unpaired) electrons. The molecule has 0 aliphatic carbocycles. The maximum atomic E-state index is 4.28. The van der Waals surface area contributed by atoms with Gasteiger partial charge in [-0.2, -0.15) is 0 Å². The van der Waals surface area contributed by atoms with E-state index in [1.807, 2.05) is 30.9 Å². The Kier molecular flexibility index (Phi) is 4.86. The summed E-state index contributed by atoms with van der Waals surface area (Å²) in [6.07, 6.45) is 10.9. The predicted molar refractivity (Wildman–Crippen MR) is 118 cm³/mol. The lowest BCUT2D eigenvalue weighted by atomic mass is 10.0. The van der Waals surface area contributed by atoms with E-state index in [0.29, 0.717) is 0 Å². The van der Waals surface area contributed by atoms with Crippen molar-refractivity contribution in [2.24, 2.45) is 0 Å². The molecule has 146 valence electrons.